The molecule has 2 unspecified atom stereocenters. The van der Waals surface area contributed by atoms with Gasteiger partial charge in [-0.3, -0.25) is 4.57 Å². The highest BCUT2D eigenvalue weighted by atomic mass is 35.5. The van der Waals surface area contributed by atoms with E-state index in [2.05, 4.69) is 6.58 Å². The summed E-state index contributed by atoms with van der Waals surface area (Å²) in [7, 11) is -3.00. The zero-order valence-corrected chi connectivity index (χ0v) is 6.93. The fourth-order valence-electron chi connectivity index (χ4n) is 0.380. The molecule has 0 aliphatic rings. The van der Waals surface area contributed by atoms with Crippen LogP contribution in [0.3, 0.4) is 0 Å². The molecule has 3 nitrogen and oxygen atoms in total. The second kappa shape index (κ2) is 3.78. The van der Waals surface area contributed by atoms with Gasteiger partial charge in [-0.2, -0.15) is 5.26 Å². The lowest BCUT2D eigenvalue weighted by Crippen LogP contribution is -2.10. The van der Waals surface area contributed by atoms with Gasteiger partial charge >= 0.3 is 0 Å². The Kier molecular flexibility index (Phi) is 3.67. The average Bonchev–Trinajstić information content (AvgIpc) is 1.88. The molecule has 56 valence electrons. The summed E-state index contributed by atoms with van der Waals surface area (Å²) in [4.78, 5) is 8.55. The van der Waals surface area contributed by atoms with Crippen molar-refractivity contribution in [2.24, 2.45) is 0 Å². The Morgan fingerprint density at radius 2 is 2.50 bits per heavy atom. The third kappa shape index (κ3) is 2.15. The Morgan fingerprint density at radius 1 is 2.00 bits per heavy atom. The maximum absolute atomic E-state index is 10.4. The molecule has 0 aromatic rings. The maximum atomic E-state index is 10.4. The quantitative estimate of drug-likeness (QED) is 0.406. The van der Waals surface area contributed by atoms with Crippen LogP contribution >= 0.6 is 19.6 Å². The predicted molar refractivity (Wildman–Crippen MR) is 40.2 cm³/mol. The van der Waals surface area contributed by atoms with Crippen molar-refractivity contribution in [2.75, 3.05) is 0 Å². The number of alkyl halides is 1. The molecule has 0 amide bonds. The largest absolute Gasteiger partial charge is 0.344 e. The molecule has 0 saturated carbocycles. The van der Waals surface area contributed by atoms with E-state index in [0.29, 0.717) is 0 Å². The van der Waals surface area contributed by atoms with Crippen molar-refractivity contribution >= 4 is 19.6 Å². The van der Waals surface area contributed by atoms with Gasteiger partial charge in [-0.05, 0) is 0 Å². The summed E-state index contributed by atoms with van der Waals surface area (Å²) in [5.41, 5.74) is 0. The minimum Gasteiger partial charge on any atom is -0.344 e. The molecular formula is C5H7ClNO2P. The van der Waals surface area contributed by atoms with Gasteiger partial charge in [0.2, 0.25) is 12.6 Å². The second-order valence-corrected chi connectivity index (χ2v) is 4.14. The topological polar surface area (TPSA) is 61.1 Å². The highest BCUT2D eigenvalue weighted by Gasteiger charge is 2.31. The first kappa shape index (κ1) is 9.71. The Hall–Kier alpha value is -0.290. The average molecular weight is 180 g/mol. The van der Waals surface area contributed by atoms with Crippen LogP contribution in [-0.2, 0) is 4.57 Å². The van der Waals surface area contributed by atoms with E-state index in [0.717, 1.165) is 0 Å². The number of allylic oxidation sites excluding steroid dienone is 1. The minimum atomic E-state index is -3.00. The van der Waals surface area contributed by atoms with Crippen molar-refractivity contribution in [2.45, 2.75) is 11.0 Å². The number of rotatable bonds is 3. The molecule has 0 heterocycles. The Labute approximate surface area is 64.8 Å². The molecule has 0 aliphatic carbocycles. The van der Waals surface area contributed by atoms with E-state index in [4.69, 9.17) is 21.8 Å². The van der Waals surface area contributed by atoms with E-state index in [1.54, 1.807) is 6.07 Å². The molecular weight excluding hydrogens is 172 g/mol. The van der Waals surface area contributed by atoms with Crippen LogP contribution in [0, 0.1) is 11.3 Å². The lowest BCUT2D eigenvalue weighted by atomic mass is 10.3. The van der Waals surface area contributed by atoms with Crippen molar-refractivity contribution in [1.82, 2.24) is 0 Å². The van der Waals surface area contributed by atoms with Crippen LogP contribution < -0.4 is 0 Å². The van der Waals surface area contributed by atoms with Crippen LogP contribution in [0.4, 0.5) is 0 Å². The highest BCUT2D eigenvalue weighted by molar-refractivity contribution is 7.43. The van der Waals surface area contributed by atoms with Crippen molar-refractivity contribution < 1.29 is 9.46 Å². The molecule has 2 atom stereocenters. The number of hydrogen-bond acceptors (Lipinski definition) is 2. The van der Waals surface area contributed by atoms with Crippen LogP contribution in [0.2, 0.25) is 0 Å². The molecule has 0 aliphatic heterocycles. The molecule has 5 heteroatoms. The second-order valence-electron chi connectivity index (χ2n) is 1.71. The van der Waals surface area contributed by atoms with Gasteiger partial charge in [0.05, 0.1) is 6.07 Å². The number of halogens is 1. The zero-order chi connectivity index (χ0) is 8.20. The summed E-state index contributed by atoms with van der Waals surface area (Å²) in [6, 6.07) is 1.56. The third-order valence-electron chi connectivity index (χ3n) is 0.942. The summed E-state index contributed by atoms with van der Waals surface area (Å²) in [6.07, 6.45) is 1.37. The Balaban J connectivity index is 4.42. The van der Waals surface area contributed by atoms with E-state index >= 15 is 0 Å². The number of nitriles is 1. The number of hydrogen-bond donors (Lipinski definition) is 1. The summed E-state index contributed by atoms with van der Waals surface area (Å²) in [5, 5.41) is 8.32. The highest BCUT2D eigenvalue weighted by Crippen LogP contribution is 2.41. The minimum absolute atomic E-state index is 0.0271. The molecule has 10 heavy (non-hydrogen) atoms. The van der Waals surface area contributed by atoms with E-state index in [1.807, 2.05) is 0 Å². The summed E-state index contributed by atoms with van der Waals surface area (Å²) < 4.78 is 8.78. The normalized spacial score (nSPS) is 18.5. The van der Waals surface area contributed by atoms with E-state index in [9.17, 15) is 4.57 Å². The van der Waals surface area contributed by atoms with Crippen molar-refractivity contribution in [1.29, 1.82) is 5.26 Å². The number of nitrogens with zero attached hydrogens (tertiary/aromatic N) is 1. The summed E-state index contributed by atoms with van der Waals surface area (Å²) >= 11 is 5.41. The first-order valence-electron chi connectivity index (χ1n) is 2.51. The van der Waals surface area contributed by atoms with E-state index in [1.165, 1.54) is 6.08 Å². The molecule has 0 rings (SSSR count). The van der Waals surface area contributed by atoms with Crippen LogP contribution in [0.15, 0.2) is 12.7 Å². The standard InChI is InChI=1S/C5H7ClNO2P/c1-2-3-5(6,4-7)10(8)9/h2,10H,1,3H2,(H,8,9). The fourth-order valence-corrected chi connectivity index (χ4v) is 0.903. The molecule has 0 aromatic carbocycles. The van der Waals surface area contributed by atoms with Crippen molar-refractivity contribution in [3.8, 4) is 6.07 Å². The predicted octanol–water partition coefficient (Wildman–Crippen LogP) is 1.49. The van der Waals surface area contributed by atoms with Gasteiger partial charge in [0.1, 0.15) is 0 Å². The first-order valence-corrected chi connectivity index (χ1v) is 4.24. The fraction of sp³-hybridized carbons (Fsp3) is 0.400. The van der Waals surface area contributed by atoms with Gasteiger partial charge in [0.15, 0.2) is 0 Å². The third-order valence-corrected chi connectivity index (χ3v) is 2.66. The van der Waals surface area contributed by atoms with Crippen LogP contribution in [0.1, 0.15) is 6.42 Å². The van der Waals surface area contributed by atoms with Gasteiger partial charge < -0.3 is 4.89 Å². The molecule has 0 saturated heterocycles. The van der Waals surface area contributed by atoms with Crippen molar-refractivity contribution in [3.05, 3.63) is 12.7 Å². The SMILES string of the molecule is C=CCC(Cl)(C#N)[PH](=O)O. The lowest BCUT2D eigenvalue weighted by molar-refractivity contribution is 0.491. The van der Waals surface area contributed by atoms with Gasteiger partial charge in [0.25, 0.3) is 0 Å². The molecule has 0 bridgehead atoms. The first-order chi connectivity index (χ1) is 4.56. The summed E-state index contributed by atoms with van der Waals surface area (Å²) in [5.74, 6) is 0. The maximum Gasteiger partial charge on any atom is 0.223 e. The van der Waals surface area contributed by atoms with Gasteiger partial charge in [-0.1, -0.05) is 17.7 Å². The molecule has 0 radical (unpaired) electrons. The smallest absolute Gasteiger partial charge is 0.223 e. The van der Waals surface area contributed by atoms with Gasteiger partial charge in [-0.15, -0.1) is 6.58 Å². The van der Waals surface area contributed by atoms with Crippen LogP contribution in [0.25, 0.3) is 0 Å². The van der Waals surface area contributed by atoms with Crippen molar-refractivity contribution in [3.63, 3.8) is 0 Å². The lowest BCUT2D eigenvalue weighted by Gasteiger charge is -2.10. The van der Waals surface area contributed by atoms with E-state index < -0.39 is 12.6 Å². The molecule has 0 fully saturated rings. The summed E-state index contributed by atoms with van der Waals surface area (Å²) in [6.45, 7) is 3.31. The van der Waals surface area contributed by atoms with Crippen LogP contribution in [0.5, 0.6) is 0 Å². The zero-order valence-electron chi connectivity index (χ0n) is 5.17. The van der Waals surface area contributed by atoms with Gasteiger partial charge in [0, 0.05) is 6.42 Å². The monoisotopic (exact) mass is 179 g/mol. The Bertz CT molecular complexity index is 200. The molecule has 1 N–H and O–H groups in total. The molecule has 0 spiro atoms. The molecule has 0 aromatic heterocycles. The Morgan fingerprint density at radius 3 is 2.60 bits per heavy atom. The van der Waals surface area contributed by atoms with Crippen LogP contribution in [-0.4, -0.2) is 9.51 Å². The van der Waals surface area contributed by atoms with E-state index in [-0.39, 0.29) is 6.42 Å². The van der Waals surface area contributed by atoms with Gasteiger partial charge in [-0.25, -0.2) is 0 Å².